The summed E-state index contributed by atoms with van der Waals surface area (Å²) in [6.45, 7) is 0. The standard InChI is InChI=1S/C25H22N2OS2/c28-24(16-23(19-10-4-1-5-11-19)20-12-6-2-7-13-20)27-25-26-21(18-30-25)17-29-22-14-8-3-9-15-22/h1-15,18,23H,16-17H2,(H,26,27,28). The molecule has 1 N–H and O–H groups in total. The Morgan fingerprint density at radius 1 is 0.867 bits per heavy atom. The van der Waals surface area contributed by atoms with Crippen molar-refractivity contribution >= 4 is 34.1 Å². The van der Waals surface area contributed by atoms with Crippen LogP contribution >= 0.6 is 23.1 Å². The number of carbonyl (C=O) groups is 1. The second-order valence-electron chi connectivity index (χ2n) is 6.87. The highest BCUT2D eigenvalue weighted by Crippen LogP contribution is 2.29. The lowest BCUT2D eigenvalue weighted by Gasteiger charge is -2.17. The Hall–Kier alpha value is -2.89. The first-order valence-corrected chi connectivity index (χ1v) is 11.7. The third-order valence-electron chi connectivity index (χ3n) is 4.72. The van der Waals surface area contributed by atoms with E-state index in [2.05, 4.69) is 46.7 Å². The molecular formula is C25H22N2OS2. The zero-order valence-corrected chi connectivity index (χ0v) is 18.0. The highest BCUT2D eigenvalue weighted by molar-refractivity contribution is 7.98. The molecule has 0 bridgehead atoms. The van der Waals surface area contributed by atoms with Crippen LogP contribution in [0.1, 0.15) is 29.2 Å². The summed E-state index contributed by atoms with van der Waals surface area (Å²) < 4.78 is 0. The molecule has 0 atom stereocenters. The van der Waals surface area contributed by atoms with Gasteiger partial charge in [-0.05, 0) is 23.3 Å². The Labute approximate surface area is 185 Å². The first kappa shape index (κ1) is 20.4. The molecule has 4 rings (SSSR count). The Balaban J connectivity index is 1.40. The van der Waals surface area contributed by atoms with Gasteiger partial charge in [0, 0.05) is 28.4 Å². The molecule has 0 saturated carbocycles. The van der Waals surface area contributed by atoms with Gasteiger partial charge >= 0.3 is 0 Å². The van der Waals surface area contributed by atoms with E-state index in [0.717, 1.165) is 22.6 Å². The summed E-state index contributed by atoms with van der Waals surface area (Å²) in [5, 5.41) is 5.66. The molecular weight excluding hydrogens is 408 g/mol. The molecule has 1 heterocycles. The van der Waals surface area contributed by atoms with Crippen molar-refractivity contribution in [2.24, 2.45) is 0 Å². The minimum absolute atomic E-state index is 0.0143. The average molecular weight is 431 g/mol. The normalized spacial score (nSPS) is 10.8. The number of anilines is 1. The zero-order valence-electron chi connectivity index (χ0n) is 16.4. The van der Waals surface area contributed by atoms with Gasteiger partial charge in [0.25, 0.3) is 0 Å². The average Bonchev–Trinajstić information content (AvgIpc) is 3.25. The second kappa shape index (κ2) is 10.2. The molecule has 0 aliphatic heterocycles. The van der Waals surface area contributed by atoms with Gasteiger partial charge in [-0.15, -0.1) is 23.1 Å². The molecule has 3 aromatic carbocycles. The van der Waals surface area contributed by atoms with Crippen LogP contribution < -0.4 is 5.32 Å². The van der Waals surface area contributed by atoms with E-state index in [9.17, 15) is 4.79 Å². The van der Waals surface area contributed by atoms with Crippen molar-refractivity contribution in [1.82, 2.24) is 4.98 Å². The van der Waals surface area contributed by atoms with Gasteiger partial charge in [0.05, 0.1) is 5.69 Å². The van der Waals surface area contributed by atoms with Gasteiger partial charge in [0.15, 0.2) is 5.13 Å². The van der Waals surface area contributed by atoms with Crippen LogP contribution in [0.25, 0.3) is 0 Å². The number of carbonyl (C=O) groups excluding carboxylic acids is 1. The second-order valence-corrected chi connectivity index (χ2v) is 8.78. The molecule has 5 heteroatoms. The predicted octanol–water partition coefficient (Wildman–Crippen LogP) is 6.60. The van der Waals surface area contributed by atoms with Crippen LogP contribution in [0.3, 0.4) is 0 Å². The van der Waals surface area contributed by atoms with Crippen LogP contribution in [-0.4, -0.2) is 10.9 Å². The first-order valence-electron chi connectivity index (χ1n) is 9.80. The molecule has 0 saturated heterocycles. The van der Waals surface area contributed by atoms with E-state index in [1.54, 1.807) is 11.8 Å². The molecule has 0 unspecified atom stereocenters. The van der Waals surface area contributed by atoms with Crippen LogP contribution in [0.5, 0.6) is 0 Å². The van der Waals surface area contributed by atoms with Gasteiger partial charge in [-0.2, -0.15) is 0 Å². The number of thiazole rings is 1. The molecule has 1 aromatic heterocycles. The fraction of sp³-hybridized carbons (Fsp3) is 0.120. The highest BCUT2D eigenvalue weighted by Gasteiger charge is 2.19. The SMILES string of the molecule is O=C(CC(c1ccccc1)c1ccccc1)Nc1nc(CSc2ccccc2)cs1. The quantitative estimate of drug-likeness (QED) is 0.320. The van der Waals surface area contributed by atoms with Crippen LogP contribution in [-0.2, 0) is 10.5 Å². The van der Waals surface area contributed by atoms with Crippen LogP contribution in [0, 0.1) is 0 Å². The van der Waals surface area contributed by atoms with E-state index >= 15 is 0 Å². The topological polar surface area (TPSA) is 42.0 Å². The molecule has 4 aromatic rings. The summed E-state index contributed by atoms with van der Waals surface area (Å²) in [5.41, 5.74) is 3.25. The number of rotatable bonds is 8. The van der Waals surface area contributed by atoms with Crippen molar-refractivity contribution in [2.75, 3.05) is 5.32 Å². The van der Waals surface area contributed by atoms with Crippen LogP contribution in [0.4, 0.5) is 5.13 Å². The van der Waals surface area contributed by atoms with Gasteiger partial charge in [0.1, 0.15) is 0 Å². The molecule has 1 amide bonds. The van der Waals surface area contributed by atoms with Gasteiger partial charge in [-0.3, -0.25) is 4.79 Å². The van der Waals surface area contributed by atoms with Crippen molar-refractivity contribution in [2.45, 2.75) is 23.0 Å². The Bertz CT molecular complexity index is 1030. The van der Waals surface area contributed by atoms with Gasteiger partial charge < -0.3 is 5.32 Å². The summed E-state index contributed by atoms with van der Waals surface area (Å²) in [5.74, 6) is 0.775. The minimum atomic E-state index is -0.0238. The van der Waals surface area contributed by atoms with Crippen molar-refractivity contribution in [3.63, 3.8) is 0 Å². The van der Waals surface area contributed by atoms with E-state index in [4.69, 9.17) is 0 Å². The van der Waals surface area contributed by atoms with E-state index in [0.29, 0.717) is 11.6 Å². The Morgan fingerprint density at radius 3 is 2.03 bits per heavy atom. The van der Waals surface area contributed by atoms with Crippen molar-refractivity contribution in [3.8, 4) is 0 Å². The van der Waals surface area contributed by atoms with Gasteiger partial charge in [-0.1, -0.05) is 78.9 Å². The maximum absolute atomic E-state index is 12.8. The van der Waals surface area contributed by atoms with E-state index in [-0.39, 0.29) is 11.8 Å². The lowest BCUT2D eigenvalue weighted by molar-refractivity contribution is -0.116. The third kappa shape index (κ3) is 5.59. The molecule has 3 nitrogen and oxygen atoms in total. The lowest BCUT2D eigenvalue weighted by atomic mass is 9.88. The largest absolute Gasteiger partial charge is 0.302 e. The monoisotopic (exact) mass is 430 g/mol. The number of amides is 1. The summed E-state index contributed by atoms with van der Waals surface area (Å²) >= 11 is 3.22. The molecule has 30 heavy (non-hydrogen) atoms. The number of hydrogen-bond donors (Lipinski definition) is 1. The maximum atomic E-state index is 12.8. The first-order chi connectivity index (χ1) is 14.8. The van der Waals surface area contributed by atoms with Gasteiger partial charge in [-0.25, -0.2) is 4.98 Å². The third-order valence-corrected chi connectivity index (χ3v) is 6.57. The summed E-state index contributed by atoms with van der Waals surface area (Å²) in [4.78, 5) is 18.6. The molecule has 0 spiro atoms. The van der Waals surface area contributed by atoms with E-state index in [1.165, 1.54) is 16.2 Å². The number of nitrogens with one attached hydrogen (secondary N) is 1. The highest BCUT2D eigenvalue weighted by atomic mass is 32.2. The zero-order chi connectivity index (χ0) is 20.6. The lowest BCUT2D eigenvalue weighted by Crippen LogP contribution is -2.16. The van der Waals surface area contributed by atoms with Crippen LogP contribution in [0.15, 0.2) is 101 Å². The van der Waals surface area contributed by atoms with Crippen LogP contribution in [0.2, 0.25) is 0 Å². The number of thioether (sulfide) groups is 1. The maximum Gasteiger partial charge on any atom is 0.227 e. The van der Waals surface area contributed by atoms with E-state index in [1.807, 2.05) is 60.0 Å². The van der Waals surface area contributed by atoms with Crippen molar-refractivity contribution in [1.29, 1.82) is 0 Å². The molecule has 0 aliphatic rings. The smallest absolute Gasteiger partial charge is 0.227 e. The summed E-state index contributed by atoms with van der Waals surface area (Å²) in [6.07, 6.45) is 0.377. The fourth-order valence-electron chi connectivity index (χ4n) is 3.26. The summed E-state index contributed by atoms with van der Waals surface area (Å²) in [6, 6.07) is 30.6. The predicted molar refractivity (Wildman–Crippen MR) is 126 cm³/mol. The Kier molecular flexibility index (Phi) is 6.95. The Morgan fingerprint density at radius 2 is 1.43 bits per heavy atom. The minimum Gasteiger partial charge on any atom is -0.302 e. The van der Waals surface area contributed by atoms with Gasteiger partial charge in [0.2, 0.25) is 5.91 Å². The summed E-state index contributed by atoms with van der Waals surface area (Å²) in [7, 11) is 0. The van der Waals surface area contributed by atoms with Crippen molar-refractivity contribution in [3.05, 3.63) is 113 Å². The molecule has 0 aliphatic carbocycles. The van der Waals surface area contributed by atoms with Crippen molar-refractivity contribution < 1.29 is 4.79 Å². The number of aromatic nitrogens is 1. The number of nitrogens with zero attached hydrogens (tertiary/aromatic N) is 1. The number of hydrogen-bond acceptors (Lipinski definition) is 4. The molecule has 150 valence electrons. The molecule has 0 radical (unpaired) electrons. The fourth-order valence-corrected chi connectivity index (χ4v) is 4.90. The molecule has 0 fully saturated rings. The van der Waals surface area contributed by atoms with E-state index < -0.39 is 0 Å². The number of benzene rings is 3.